The van der Waals surface area contributed by atoms with E-state index in [1.165, 1.54) is 12.1 Å². The normalized spacial score (nSPS) is 11.2. The van der Waals surface area contributed by atoms with Crippen LogP contribution in [0.5, 0.6) is 11.5 Å². The zero-order valence-corrected chi connectivity index (χ0v) is 11.3. The SMILES string of the molecule is CC.NC(CO)C(=O)NCCc1ccc(O)cc1O. The van der Waals surface area contributed by atoms with Gasteiger partial charge in [0.15, 0.2) is 0 Å². The number of carbonyl (C=O) groups excluding carboxylic acids is 1. The maximum absolute atomic E-state index is 11.2. The number of phenols is 2. The van der Waals surface area contributed by atoms with Gasteiger partial charge in [0.2, 0.25) is 5.91 Å². The van der Waals surface area contributed by atoms with Crippen molar-refractivity contribution < 1.29 is 20.1 Å². The van der Waals surface area contributed by atoms with E-state index in [2.05, 4.69) is 5.32 Å². The first-order chi connectivity index (χ1) is 9.04. The molecule has 0 aliphatic carbocycles. The van der Waals surface area contributed by atoms with E-state index < -0.39 is 18.6 Å². The number of nitrogens with one attached hydrogen (secondary N) is 1. The predicted molar refractivity (Wildman–Crippen MR) is 72.9 cm³/mol. The van der Waals surface area contributed by atoms with Crippen LogP contribution in [0.25, 0.3) is 0 Å². The molecule has 1 aromatic rings. The first-order valence-corrected chi connectivity index (χ1v) is 6.19. The summed E-state index contributed by atoms with van der Waals surface area (Å²) in [4.78, 5) is 11.2. The van der Waals surface area contributed by atoms with Crippen LogP contribution >= 0.6 is 0 Å². The van der Waals surface area contributed by atoms with Gasteiger partial charge < -0.3 is 26.4 Å². The Balaban J connectivity index is 0.00000154. The van der Waals surface area contributed by atoms with Crippen molar-refractivity contribution in [3.8, 4) is 11.5 Å². The fourth-order valence-corrected chi connectivity index (χ4v) is 1.30. The highest BCUT2D eigenvalue weighted by atomic mass is 16.3. The molecule has 0 aliphatic rings. The van der Waals surface area contributed by atoms with Crippen molar-refractivity contribution in [1.29, 1.82) is 0 Å². The predicted octanol–water partition coefficient (Wildman–Crippen LogP) is 0.102. The van der Waals surface area contributed by atoms with Gasteiger partial charge in [-0.1, -0.05) is 19.9 Å². The molecule has 0 aliphatic heterocycles. The summed E-state index contributed by atoms with van der Waals surface area (Å²) in [6.45, 7) is 3.89. The molecule has 0 bridgehead atoms. The van der Waals surface area contributed by atoms with E-state index in [1.807, 2.05) is 13.8 Å². The molecule has 0 heterocycles. The number of aromatic hydroxyl groups is 2. The molecule has 1 atom stereocenters. The monoisotopic (exact) mass is 270 g/mol. The zero-order valence-electron chi connectivity index (χ0n) is 11.3. The highest BCUT2D eigenvalue weighted by molar-refractivity contribution is 5.81. The summed E-state index contributed by atoms with van der Waals surface area (Å²) in [5.41, 5.74) is 5.91. The molecule has 0 fully saturated rings. The molecule has 0 spiro atoms. The Morgan fingerprint density at radius 3 is 2.53 bits per heavy atom. The molecule has 6 N–H and O–H groups in total. The van der Waals surface area contributed by atoms with Crippen molar-refractivity contribution in [3.63, 3.8) is 0 Å². The van der Waals surface area contributed by atoms with Crippen LogP contribution < -0.4 is 11.1 Å². The number of aliphatic hydroxyl groups excluding tert-OH is 1. The molecule has 6 heteroatoms. The van der Waals surface area contributed by atoms with E-state index in [1.54, 1.807) is 6.07 Å². The van der Waals surface area contributed by atoms with Gasteiger partial charge in [-0.25, -0.2) is 0 Å². The third-order valence-electron chi connectivity index (χ3n) is 2.30. The second kappa shape index (κ2) is 9.18. The Hall–Kier alpha value is -1.79. The molecule has 0 aromatic heterocycles. The maximum atomic E-state index is 11.2. The van der Waals surface area contributed by atoms with Gasteiger partial charge in [-0.2, -0.15) is 0 Å². The number of carbonyl (C=O) groups is 1. The average Bonchev–Trinajstić information content (AvgIpc) is 2.42. The minimum absolute atomic E-state index is 0.0161. The fourth-order valence-electron chi connectivity index (χ4n) is 1.30. The van der Waals surface area contributed by atoms with Crippen LogP contribution in [-0.4, -0.2) is 40.4 Å². The van der Waals surface area contributed by atoms with Crippen LogP contribution in [-0.2, 0) is 11.2 Å². The first-order valence-electron chi connectivity index (χ1n) is 6.19. The number of nitrogens with two attached hydrogens (primary N) is 1. The summed E-state index contributed by atoms with van der Waals surface area (Å²) >= 11 is 0. The number of phenolic OH excluding ortho intramolecular Hbond substituents is 2. The van der Waals surface area contributed by atoms with Gasteiger partial charge in [0.1, 0.15) is 17.5 Å². The Labute approximate surface area is 112 Å². The summed E-state index contributed by atoms with van der Waals surface area (Å²) in [5.74, 6) is -0.478. The quantitative estimate of drug-likeness (QED) is 0.520. The van der Waals surface area contributed by atoms with Crippen molar-refractivity contribution >= 4 is 5.91 Å². The van der Waals surface area contributed by atoms with Crippen molar-refractivity contribution in [1.82, 2.24) is 5.32 Å². The summed E-state index contributed by atoms with van der Waals surface area (Å²) in [5, 5.41) is 29.7. The molecule has 0 radical (unpaired) electrons. The van der Waals surface area contributed by atoms with Crippen molar-refractivity contribution in [3.05, 3.63) is 23.8 Å². The van der Waals surface area contributed by atoms with Crippen molar-refractivity contribution in [2.24, 2.45) is 5.73 Å². The van der Waals surface area contributed by atoms with Crippen LogP contribution in [0.2, 0.25) is 0 Å². The number of hydrogen-bond donors (Lipinski definition) is 5. The maximum Gasteiger partial charge on any atom is 0.239 e. The second-order valence-electron chi connectivity index (χ2n) is 3.64. The average molecular weight is 270 g/mol. The molecule has 19 heavy (non-hydrogen) atoms. The molecule has 0 saturated heterocycles. The fraction of sp³-hybridized carbons (Fsp3) is 0.462. The lowest BCUT2D eigenvalue weighted by Crippen LogP contribution is -2.43. The molecule has 1 amide bonds. The smallest absolute Gasteiger partial charge is 0.239 e. The number of hydrogen-bond acceptors (Lipinski definition) is 5. The van der Waals surface area contributed by atoms with Gasteiger partial charge in [-0.05, 0) is 18.1 Å². The van der Waals surface area contributed by atoms with Crippen LogP contribution in [0.3, 0.4) is 0 Å². The van der Waals surface area contributed by atoms with E-state index in [9.17, 15) is 9.90 Å². The molecular weight excluding hydrogens is 248 g/mol. The number of aliphatic hydroxyl groups is 1. The van der Waals surface area contributed by atoms with Gasteiger partial charge in [-0.15, -0.1) is 0 Å². The second-order valence-corrected chi connectivity index (χ2v) is 3.64. The zero-order chi connectivity index (χ0) is 14.8. The van der Waals surface area contributed by atoms with Gasteiger partial charge in [-0.3, -0.25) is 4.79 Å². The molecule has 108 valence electrons. The Morgan fingerprint density at radius 2 is 2.00 bits per heavy atom. The van der Waals surface area contributed by atoms with Gasteiger partial charge in [0.05, 0.1) is 6.61 Å². The Kier molecular flexibility index (Phi) is 8.32. The summed E-state index contributed by atoms with van der Waals surface area (Å²) < 4.78 is 0. The van der Waals surface area contributed by atoms with Gasteiger partial charge >= 0.3 is 0 Å². The molecular formula is C13H22N2O4. The third-order valence-corrected chi connectivity index (χ3v) is 2.30. The van der Waals surface area contributed by atoms with Crippen LogP contribution in [0.1, 0.15) is 19.4 Å². The van der Waals surface area contributed by atoms with E-state index in [-0.39, 0.29) is 11.5 Å². The lowest BCUT2D eigenvalue weighted by molar-refractivity contribution is -0.123. The molecule has 1 unspecified atom stereocenters. The van der Waals surface area contributed by atoms with Crippen LogP contribution in [0.4, 0.5) is 0 Å². The molecule has 6 nitrogen and oxygen atoms in total. The van der Waals surface area contributed by atoms with Crippen molar-refractivity contribution in [2.45, 2.75) is 26.3 Å². The highest BCUT2D eigenvalue weighted by Crippen LogP contribution is 2.22. The van der Waals surface area contributed by atoms with Gasteiger partial charge in [0.25, 0.3) is 0 Å². The third kappa shape index (κ3) is 6.08. The molecule has 1 rings (SSSR count). The van der Waals surface area contributed by atoms with Crippen LogP contribution in [0, 0.1) is 0 Å². The van der Waals surface area contributed by atoms with Crippen molar-refractivity contribution in [2.75, 3.05) is 13.2 Å². The lowest BCUT2D eigenvalue weighted by Gasteiger charge is -2.10. The highest BCUT2D eigenvalue weighted by Gasteiger charge is 2.11. The van der Waals surface area contributed by atoms with Gasteiger partial charge in [0, 0.05) is 12.6 Å². The number of rotatable bonds is 5. The summed E-state index contributed by atoms with van der Waals surface area (Å²) in [6.07, 6.45) is 0.413. The van der Waals surface area contributed by atoms with E-state index >= 15 is 0 Å². The minimum Gasteiger partial charge on any atom is -0.508 e. The Bertz CT molecular complexity index is 396. The molecule has 1 aromatic carbocycles. The minimum atomic E-state index is -0.927. The Morgan fingerprint density at radius 1 is 1.37 bits per heavy atom. The summed E-state index contributed by atoms with van der Waals surface area (Å²) in [7, 11) is 0. The lowest BCUT2D eigenvalue weighted by atomic mass is 10.1. The first kappa shape index (κ1) is 17.2. The molecule has 0 saturated carbocycles. The van der Waals surface area contributed by atoms with E-state index in [4.69, 9.17) is 15.9 Å². The topological polar surface area (TPSA) is 116 Å². The standard InChI is InChI=1S/C11H16N2O4.C2H6/c12-9(6-14)11(17)13-4-3-7-1-2-8(15)5-10(7)16;1-2/h1-2,5,9,14-16H,3-4,6,12H2,(H,13,17);1-2H3. The summed E-state index contributed by atoms with van der Waals surface area (Å²) in [6, 6.07) is 3.33. The van der Waals surface area contributed by atoms with E-state index in [0.717, 1.165) is 0 Å². The number of amides is 1. The van der Waals surface area contributed by atoms with E-state index in [0.29, 0.717) is 18.5 Å². The number of benzene rings is 1. The largest absolute Gasteiger partial charge is 0.508 e. The van der Waals surface area contributed by atoms with Crippen LogP contribution in [0.15, 0.2) is 18.2 Å².